The molecule has 4 aromatic rings. The Bertz CT molecular complexity index is 1480. The highest BCUT2D eigenvalue weighted by Gasteiger charge is 2.18. The number of aromatic nitrogens is 1. The number of carbonyl (C=O) groups is 1. The van der Waals surface area contributed by atoms with Gasteiger partial charge in [0, 0.05) is 21.8 Å². The first-order valence-corrected chi connectivity index (χ1v) is 12.7. The maximum Gasteiger partial charge on any atom is 0.234 e. The van der Waals surface area contributed by atoms with Crippen molar-refractivity contribution in [1.29, 1.82) is 5.26 Å². The fraction of sp³-hybridized carbons (Fsp3) is 0.138. The number of thioether (sulfide) groups is 1. The van der Waals surface area contributed by atoms with Crippen molar-refractivity contribution in [2.24, 2.45) is 0 Å². The Labute approximate surface area is 225 Å². The lowest BCUT2D eigenvalue weighted by Gasteiger charge is -2.14. The van der Waals surface area contributed by atoms with Crippen molar-refractivity contribution < 1.29 is 14.3 Å². The van der Waals surface area contributed by atoms with Gasteiger partial charge in [-0.2, -0.15) is 5.26 Å². The van der Waals surface area contributed by atoms with Gasteiger partial charge in [0.05, 0.1) is 31.2 Å². The predicted molar refractivity (Wildman–Crippen MR) is 148 cm³/mol. The molecule has 0 radical (unpaired) electrons. The second kappa shape index (κ2) is 11.8. The molecule has 0 bridgehead atoms. The lowest BCUT2D eigenvalue weighted by Crippen LogP contribution is -2.14. The van der Waals surface area contributed by atoms with E-state index in [9.17, 15) is 10.1 Å². The van der Waals surface area contributed by atoms with Crippen molar-refractivity contribution in [1.82, 2.24) is 4.98 Å². The summed E-state index contributed by atoms with van der Waals surface area (Å²) < 4.78 is 10.9. The van der Waals surface area contributed by atoms with Crippen LogP contribution in [0.5, 0.6) is 11.5 Å². The summed E-state index contributed by atoms with van der Waals surface area (Å²) in [6.07, 6.45) is 0. The van der Waals surface area contributed by atoms with E-state index >= 15 is 0 Å². The van der Waals surface area contributed by atoms with Gasteiger partial charge in [-0.3, -0.25) is 4.79 Å². The van der Waals surface area contributed by atoms with Gasteiger partial charge in [0.1, 0.15) is 11.1 Å². The van der Waals surface area contributed by atoms with Crippen molar-refractivity contribution >= 4 is 35.0 Å². The van der Waals surface area contributed by atoms with Crippen molar-refractivity contribution in [3.8, 4) is 40.0 Å². The molecule has 1 amide bonds. The molecule has 1 N–H and O–H groups in total. The van der Waals surface area contributed by atoms with Gasteiger partial charge in [-0.05, 0) is 48.9 Å². The molecule has 0 atom stereocenters. The van der Waals surface area contributed by atoms with E-state index in [0.717, 1.165) is 16.7 Å². The number of nitriles is 1. The van der Waals surface area contributed by atoms with Crippen LogP contribution in [0.3, 0.4) is 0 Å². The Morgan fingerprint density at radius 1 is 1.00 bits per heavy atom. The first-order valence-electron chi connectivity index (χ1n) is 11.3. The quantitative estimate of drug-likeness (QED) is 0.247. The highest BCUT2D eigenvalue weighted by atomic mass is 35.5. The van der Waals surface area contributed by atoms with Gasteiger partial charge < -0.3 is 14.8 Å². The molecule has 0 aliphatic rings. The molecule has 0 aliphatic carbocycles. The van der Waals surface area contributed by atoms with Gasteiger partial charge in [0.15, 0.2) is 11.5 Å². The molecule has 37 heavy (non-hydrogen) atoms. The van der Waals surface area contributed by atoms with E-state index in [1.165, 1.54) is 11.8 Å². The van der Waals surface area contributed by atoms with E-state index < -0.39 is 0 Å². The van der Waals surface area contributed by atoms with Crippen LogP contribution in [-0.2, 0) is 4.79 Å². The van der Waals surface area contributed by atoms with Crippen molar-refractivity contribution in [3.63, 3.8) is 0 Å². The summed E-state index contributed by atoms with van der Waals surface area (Å²) in [5.74, 6) is 0.973. The molecule has 0 fully saturated rings. The number of nitrogens with zero attached hydrogens (tertiary/aromatic N) is 2. The first-order chi connectivity index (χ1) is 17.9. The largest absolute Gasteiger partial charge is 0.493 e. The monoisotopic (exact) mass is 529 g/mol. The summed E-state index contributed by atoms with van der Waals surface area (Å²) in [4.78, 5) is 17.5. The minimum atomic E-state index is -0.230. The zero-order valence-electron chi connectivity index (χ0n) is 20.5. The Hall–Kier alpha value is -3.99. The Balaban J connectivity index is 1.74. The Kier molecular flexibility index (Phi) is 8.34. The number of halogens is 1. The van der Waals surface area contributed by atoms with E-state index in [1.807, 2.05) is 49.4 Å². The third-order valence-electron chi connectivity index (χ3n) is 5.59. The maximum absolute atomic E-state index is 12.7. The fourth-order valence-electron chi connectivity index (χ4n) is 3.74. The lowest BCUT2D eigenvalue weighted by molar-refractivity contribution is -0.113. The zero-order chi connectivity index (χ0) is 26.4. The van der Waals surface area contributed by atoms with Crippen LogP contribution in [0.2, 0.25) is 5.02 Å². The predicted octanol–water partition coefficient (Wildman–Crippen LogP) is 7.00. The Morgan fingerprint density at radius 3 is 2.41 bits per heavy atom. The van der Waals surface area contributed by atoms with E-state index in [-0.39, 0.29) is 11.7 Å². The SMILES string of the molecule is COc1ccc(-c2cc(-c3ccc(C)cc3)nc(SCC(=O)Nc3cccc(Cl)c3)c2C#N)cc1OC. The number of ether oxygens (including phenoxy) is 2. The summed E-state index contributed by atoms with van der Waals surface area (Å²) in [5, 5.41) is 14.0. The van der Waals surface area contributed by atoms with Crippen LogP contribution in [0.15, 0.2) is 77.8 Å². The topological polar surface area (TPSA) is 84.2 Å². The molecule has 186 valence electrons. The molecule has 3 aromatic carbocycles. The van der Waals surface area contributed by atoms with E-state index in [0.29, 0.717) is 44.1 Å². The molecule has 0 aliphatic heterocycles. The summed E-state index contributed by atoms with van der Waals surface area (Å²) in [7, 11) is 3.14. The van der Waals surface area contributed by atoms with E-state index in [1.54, 1.807) is 44.6 Å². The van der Waals surface area contributed by atoms with Gasteiger partial charge in [-0.1, -0.05) is 65.3 Å². The summed E-state index contributed by atoms with van der Waals surface area (Å²) in [6, 6.07) is 24.6. The normalized spacial score (nSPS) is 10.5. The average Bonchev–Trinajstić information content (AvgIpc) is 2.91. The number of hydrogen-bond donors (Lipinski definition) is 1. The van der Waals surface area contributed by atoms with Crippen LogP contribution >= 0.6 is 23.4 Å². The van der Waals surface area contributed by atoms with Crippen molar-refractivity contribution in [2.75, 3.05) is 25.3 Å². The van der Waals surface area contributed by atoms with E-state index in [4.69, 9.17) is 26.1 Å². The van der Waals surface area contributed by atoms with Crippen LogP contribution in [0.25, 0.3) is 22.4 Å². The number of hydrogen-bond acceptors (Lipinski definition) is 6. The van der Waals surface area contributed by atoms with E-state index in [2.05, 4.69) is 11.4 Å². The summed E-state index contributed by atoms with van der Waals surface area (Å²) in [5.41, 5.74) is 5.17. The number of rotatable bonds is 8. The van der Waals surface area contributed by atoms with Gasteiger partial charge >= 0.3 is 0 Å². The number of nitrogens with one attached hydrogen (secondary N) is 1. The summed E-state index contributed by atoms with van der Waals surface area (Å²) in [6.45, 7) is 2.02. The number of carbonyl (C=O) groups excluding carboxylic acids is 1. The number of pyridine rings is 1. The van der Waals surface area contributed by atoms with Crippen molar-refractivity contribution in [3.05, 3.63) is 88.9 Å². The molecule has 0 spiro atoms. The standard InChI is InChI=1S/C29H24ClN3O3S/c1-18-7-9-19(10-8-18)25-15-23(20-11-12-26(35-2)27(13-20)36-3)24(16-31)29(33-25)37-17-28(34)32-22-6-4-5-21(30)14-22/h4-15H,17H2,1-3H3,(H,32,34). The molecule has 6 nitrogen and oxygen atoms in total. The maximum atomic E-state index is 12.7. The molecule has 8 heteroatoms. The van der Waals surface area contributed by atoms with Gasteiger partial charge in [0.2, 0.25) is 5.91 Å². The van der Waals surface area contributed by atoms with Crippen LogP contribution in [-0.4, -0.2) is 30.9 Å². The Morgan fingerprint density at radius 2 is 1.73 bits per heavy atom. The van der Waals surface area contributed by atoms with Crippen molar-refractivity contribution in [2.45, 2.75) is 11.9 Å². The first kappa shape index (κ1) is 26.1. The second-order valence-corrected chi connectivity index (χ2v) is 9.53. The molecule has 0 saturated carbocycles. The molecular formula is C29H24ClN3O3S. The molecular weight excluding hydrogens is 506 g/mol. The highest BCUT2D eigenvalue weighted by molar-refractivity contribution is 8.00. The smallest absolute Gasteiger partial charge is 0.234 e. The zero-order valence-corrected chi connectivity index (χ0v) is 22.1. The number of amides is 1. The van der Waals surface area contributed by atoms with Gasteiger partial charge in [-0.15, -0.1) is 0 Å². The number of benzene rings is 3. The minimum absolute atomic E-state index is 0.0664. The summed E-state index contributed by atoms with van der Waals surface area (Å²) >= 11 is 7.23. The van der Waals surface area contributed by atoms with Gasteiger partial charge in [0.25, 0.3) is 0 Å². The third-order valence-corrected chi connectivity index (χ3v) is 6.80. The molecule has 1 heterocycles. The number of aryl methyl sites for hydroxylation is 1. The molecule has 1 aromatic heterocycles. The lowest BCUT2D eigenvalue weighted by atomic mass is 9.98. The minimum Gasteiger partial charge on any atom is -0.493 e. The number of anilines is 1. The highest BCUT2D eigenvalue weighted by Crippen LogP contribution is 2.38. The van der Waals surface area contributed by atoms with Crippen LogP contribution in [0.1, 0.15) is 11.1 Å². The van der Waals surface area contributed by atoms with Crippen LogP contribution in [0.4, 0.5) is 5.69 Å². The van der Waals surface area contributed by atoms with Gasteiger partial charge in [-0.25, -0.2) is 4.98 Å². The fourth-order valence-corrected chi connectivity index (χ4v) is 4.73. The molecule has 0 unspecified atom stereocenters. The molecule has 4 rings (SSSR count). The number of methoxy groups -OCH3 is 2. The average molecular weight is 530 g/mol. The van der Waals surface area contributed by atoms with Crippen LogP contribution in [0, 0.1) is 18.3 Å². The molecule has 0 saturated heterocycles. The third kappa shape index (κ3) is 6.23. The second-order valence-electron chi connectivity index (χ2n) is 8.13. The van der Waals surface area contributed by atoms with Crippen LogP contribution < -0.4 is 14.8 Å².